The van der Waals surface area contributed by atoms with Gasteiger partial charge in [-0.05, 0) is 18.1 Å². The zero-order valence-electron chi connectivity index (χ0n) is 12.1. The van der Waals surface area contributed by atoms with Gasteiger partial charge in [-0.15, -0.1) is 0 Å². The predicted molar refractivity (Wildman–Crippen MR) is 84.9 cm³/mol. The van der Waals surface area contributed by atoms with Crippen LogP contribution in [0.3, 0.4) is 0 Å². The highest BCUT2D eigenvalue weighted by Gasteiger charge is 2.16. The quantitative estimate of drug-likeness (QED) is 0.753. The molecule has 3 aromatic rings. The van der Waals surface area contributed by atoms with Crippen molar-refractivity contribution in [1.29, 1.82) is 0 Å². The molecule has 0 spiro atoms. The third-order valence-electron chi connectivity index (χ3n) is 4.35. The molecule has 104 valence electrons. The Labute approximate surface area is 119 Å². The van der Waals surface area contributed by atoms with Gasteiger partial charge in [-0.2, -0.15) is 0 Å². The monoisotopic (exact) mass is 267 g/mol. The molecule has 1 N–H and O–H groups in total. The number of fused-ring (bicyclic) bond motifs is 3. The van der Waals surface area contributed by atoms with E-state index in [2.05, 4.69) is 66.9 Å². The number of hydrogen-bond donors (Lipinski definition) is 1. The highest BCUT2D eigenvalue weighted by atomic mass is 16.3. The first-order valence-electron chi connectivity index (χ1n) is 7.36. The number of aromatic nitrogens is 1. The van der Waals surface area contributed by atoms with Crippen LogP contribution in [0.5, 0.6) is 0 Å². The fourth-order valence-electron chi connectivity index (χ4n) is 2.84. The predicted octanol–water partition coefficient (Wildman–Crippen LogP) is 4.20. The van der Waals surface area contributed by atoms with E-state index in [0.29, 0.717) is 12.5 Å². The van der Waals surface area contributed by atoms with Gasteiger partial charge in [-0.3, -0.25) is 0 Å². The molecule has 2 heteroatoms. The van der Waals surface area contributed by atoms with Crippen LogP contribution < -0.4 is 0 Å². The Balaban J connectivity index is 2.16. The summed E-state index contributed by atoms with van der Waals surface area (Å²) in [5, 5.41) is 12.9. The van der Waals surface area contributed by atoms with Crippen molar-refractivity contribution in [3.8, 4) is 0 Å². The summed E-state index contributed by atoms with van der Waals surface area (Å²) in [5.74, 6) is 0.315. The summed E-state index contributed by atoms with van der Waals surface area (Å²) in [6, 6.07) is 16.9. The SMILES string of the molecule is CCC(C)C(O)Cn1c2ccccc2c2ccccc21. The van der Waals surface area contributed by atoms with Gasteiger partial charge in [0.1, 0.15) is 0 Å². The molecule has 0 amide bonds. The maximum Gasteiger partial charge on any atom is 0.0744 e. The molecule has 2 atom stereocenters. The van der Waals surface area contributed by atoms with Gasteiger partial charge in [-0.25, -0.2) is 0 Å². The lowest BCUT2D eigenvalue weighted by atomic mass is 10.0. The number of hydrogen-bond acceptors (Lipinski definition) is 1. The smallest absolute Gasteiger partial charge is 0.0744 e. The van der Waals surface area contributed by atoms with E-state index in [9.17, 15) is 5.11 Å². The first-order chi connectivity index (χ1) is 9.72. The van der Waals surface area contributed by atoms with Crippen LogP contribution in [0.15, 0.2) is 48.5 Å². The number of aliphatic hydroxyl groups is 1. The van der Waals surface area contributed by atoms with Crippen LogP contribution in [0.4, 0.5) is 0 Å². The maximum absolute atomic E-state index is 10.4. The van der Waals surface area contributed by atoms with Gasteiger partial charge in [0.25, 0.3) is 0 Å². The number of aliphatic hydroxyl groups excluding tert-OH is 1. The van der Waals surface area contributed by atoms with Crippen molar-refractivity contribution in [2.45, 2.75) is 32.9 Å². The summed E-state index contributed by atoms with van der Waals surface area (Å²) >= 11 is 0. The normalized spacial score (nSPS) is 14.8. The van der Waals surface area contributed by atoms with Crippen LogP contribution >= 0.6 is 0 Å². The summed E-state index contributed by atoms with van der Waals surface area (Å²) in [5.41, 5.74) is 2.41. The molecule has 1 heterocycles. The van der Waals surface area contributed by atoms with Crippen LogP contribution in [0, 0.1) is 5.92 Å². The molecule has 0 radical (unpaired) electrons. The lowest BCUT2D eigenvalue weighted by Crippen LogP contribution is -2.23. The van der Waals surface area contributed by atoms with Crippen molar-refractivity contribution in [2.24, 2.45) is 5.92 Å². The molecule has 2 aromatic carbocycles. The van der Waals surface area contributed by atoms with E-state index in [1.807, 2.05) is 0 Å². The second-order valence-corrected chi connectivity index (χ2v) is 5.60. The molecule has 0 bridgehead atoms. The molecule has 2 unspecified atom stereocenters. The van der Waals surface area contributed by atoms with Crippen molar-refractivity contribution in [2.75, 3.05) is 0 Å². The second kappa shape index (κ2) is 5.29. The highest BCUT2D eigenvalue weighted by molar-refractivity contribution is 6.07. The minimum Gasteiger partial charge on any atom is -0.391 e. The molecule has 0 aliphatic heterocycles. The minimum atomic E-state index is -0.306. The average Bonchev–Trinajstić information content (AvgIpc) is 2.81. The number of para-hydroxylation sites is 2. The summed E-state index contributed by atoms with van der Waals surface area (Å²) < 4.78 is 2.25. The van der Waals surface area contributed by atoms with E-state index in [0.717, 1.165) is 6.42 Å². The fraction of sp³-hybridized carbons (Fsp3) is 0.333. The highest BCUT2D eigenvalue weighted by Crippen LogP contribution is 2.29. The summed E-state index contributed by atoms with van der Waals surface area (Å²) in [6.45, 7) is 4.89. The summed E-state index contributed by atoms with van der Waals surface area (Å²) in [6.07, 6.45) is 0.692. The molecular formula is C18H21NO. The van der Waals surface area contributed by atoms with E-state index >= 15 is 0 Å². The molecule has 0 saturated heterocycles. The third kappa shape index (κ3) is 2.10. The van der Waals surface area contributed by atoms with Crippen LogP contribution in [0.1, 0.15) is 20.3 Å². The van der Waals surface area contributed by atoms with E-state index in [4.69, 9.17) is 0 Å². The van der Waals surface area contributed by atoms with Gasteiger partial charge in [0.15, 0.2) is 0 Å². The first kappa shape index (κ1) is 13.2. The van der Waals surface area contributed by atoms with Gasteiger partial charge in [0, 0.05) is 28.4 Å². The standard InChI is InChI=1S/C18H21NO/c1-3-13(2)18(20)12-19-16-10-6-4-8-14(16)15-9-5-7-11-17(15)19/h4-11,13,18,20H,3,12H2,1-2H3. The topological polar surface area (TPSA) is 25.2 Å². The molecule has 20 heavy (non-hydrogen) atoms. The molecular weight excluding hydrogens is 246 g/mol. The lowest BCUT2D eigenvalue weighted by Gasteiger charge is -2.19. The van der Waals surface area contributed by atoms with Crippen LogP contribution in [-0.4, -0.2) is 15.8 Å². The molecule has 0 saturated carbocycles. The Morgan fingerprint density at radius 3 is 1.95 bits per heavy atom. The Morgan fingerprint density at radius 1 is 0.950 bits per heavy atom. The van der Waals surface area contributed by atoms with E-state index in [1.54, 1.807) is 0 Å². The van der Waals surface area contributed by atoms with Gasteiger partial charge in [0.05, 0.1) is 6.10 Å². The van der Waals surface area contributed by atoms with E-state index < -0.39 is 0 Å². The Kier molecular flexibility index (Phi) is 3.49. The van der Waals surface area contributed by atoms with Crippen LogP contribution in [0.2, 0.25) is 0 Å². The van der Waals surface area contributed by atoms with Gasteiger partial charge in [-0.1, -0.05) is 56.7 Å². The zero-order valence-corrected chi connectivity index (χ0v) is 12.1. The van der Waals surface area contributed by atoms with Crippen molar-refractivity contribution >= 4 is 21.8 Å². The van der Waals surface area contributed by atoms with Gasteiger partial charge < -0.3 is 9.67 Å². The van der Waals surface area contributed by atoms with Crippen LogP contribution in [-0.2, 0) is 6.54 Å². The minimum absolute atomic E-state index is 0.306. The Morgan fingerprint density at radius 2 is 1.45 bits per heavy atom. The summed E-state index contributed by atoms with van der Waals surface area (Å²) in [7, 11) is 0. The first-order valence-corrected chi connectivity index (χ1v) is 7.36. The van der Waals surface area contributed by atoms with E-state index in [1.165, 1.54) is 21.8 Å². The molecule has 2 nitrogen and oxygen atoms in total. The molecule has 0 aliphatic carbocycles. The number of rotatable bonds is 4. The number of benzene rings is 2. The fourth-order valence-corrected chi connectivity index (χ4v) is 2.84. The van der Waals surface area contributed by atoms with Gasteiger partial charge in [0.2, 0.25) is 0 Å². The Bertz CT molecular complexity index is 675. The van der Waals surface area contributed by atoms with Gasteiger partial charge >= 0.3 is 0 Å². The number of nitrogens with zero attached hydrogens (tertiary/aromatic N) is 1. The average molecular weight is 267 g/mol. The molecule has 0 fully saturated rings. The lowest BCUT2D eigenvalue weighted by molar-refractivity contribution is 0.0990. The van der Waals surface area contributed by atoms with Crippen LogP contribution in [0.25, 0.3) is 21.8 Å². The van der Waals surface area contributed by atoms with Crippen molar-refractivity contribution < 1.29 is 5.11 Å². The second-order valence-electron chi connectivity index (χ2n) is 5.60. The maximum atomic E-state index is 10.4. The van der Waals surface area contributed by atoms with E-state index in [-0.39, 0.29) is 6.10 Å². The Hall–Kier alpha value is -1.80. The van der Waals surface area contributed by atoms with Crippen molar-refractivity contribution in [1.82, 2.24) is 4.57 Å². The molecule has 1 aromatic heterocycles. The third-order valence-corrected chi connectivity index (χ3v) is 4.35. The van der Waals surface area contributed by atoms with Crippen molar-refractivity contribution in [3.63, 3.8) is 0 Å². The summed E-state index contributed by atoms with van der Waals surface area (Å²) in [4.78, 5) is 0. The van der Waals surface area contributed by atoms with Crippen molar-refractivity contribution in [3.05, 3.63) is 48.5 Å². The molecule has 3 rings (SSSR count). The largest absolute Gasteiger partial charge is 0.391 e. The zero-order chi connectivity index (χ0) is 14.1. The molecule has 0 aliphatic rings.